The Hall–Kier alpha value is -1.22. The van der Waals surface area contributed by atoms with Gasteiger partial charge in [-0.2, -0.15) is 0 Å². The maximum Gasteiger partial charge on any atom is 0.0462 e. The van der Waals surface area contributed by atoms with Crippen molar-refractivity contribution in [3.05, 3.63) is 41.8 Å². The SMILES string of the molecule is [C]#CC(CCCC)c1ccc(CCCC)cc1. The molecule has 0 spiro atoms. The quantitative estimate of drug-likeness (QED) is 0.582. The fraction of sp³-hybridized carbons (Fsp3) is 0.529. The topological polar surface area (TPSA) is 0 Å². The van der Waals surface area contributed by atoms with Crippen molar-refractivity contribution in [3.63, 3.8) is 0 Å². The molecule has 0 nitrogen and oxygen atoms in total. The summed E-state index contributed by atoms with van der Waals surface area (Å²) < 4.78 is 0. The molecule has 0 aliphatic carbocycles. The van der Waals surface area contributed by atoms with Crippen molar-refractivity contribution in [3.8, 4) is 5.92 Å². The molecule has 1 aromatic rings. The van der Waals surface area contributed by atoms with E-state index in [2.05, 4.69) is 44.0 Å². The average molecular weight is 227 g/mol. The molecule has 91 valence electrons. The molecular weight excluding hydrogens is 204 g/mol. The summed E-state index contributed by atoms with van der Waals surface area (Å²) in [4.78, 5) is 0. The summed E-state index contributed by atoms with van der Waals surface area (Å²) in [7, 11) is 0. The van der Waals surface area contributed by atoms with Crippen LogP contribution in [-0.2, 0) is 6.42 Å². The van der Waals surface area contributed by atoms with Crippen LogP contribution in [0.4, 0.5) is 0 Å². The van der Waals surface area contributed by atoms with Gasteiger partial charge in [-0.1, -0.05) is 63.3 Å². The second kappa shape index (κ2) is 7.96. The van der Waals surface area contributed by atoms with Crippen LogP contribution in [0.5, 0.6) is 0 Å². The smallest absolute Gasteiger partial charge is 0.0462 e. The van der Waals surface area contributed by atoms with Crippen molar-refractivity contribution < 1.29 is 0 Å². The summed E-state index contributed by atoms with van der Waals surface area (Å²) in [5.74, 6) is 2.86. The highest BCUT2D eigenvalue weighted by Crippen LogP contribution is 2.22. The summed E-state index contributed by atoms with van der Waals surface area (Å²) in [6.07, 6.45) is 14.5. The number of hydrogen-bond acceptors (Lipinski definition) is 0. The summed E-state index contributed by atoms with van der Waals surface area (Å²) in [6, 6.07) is 8.77. The molecule has 1 radical (unpaired) electrons. The number of benzene rings is 1. The Morgan fingerprint density at radius 2 is 1.71 bits per heavy atom. The van der Waals surface area contributed by atoms with Crippen molar-refractivity contribution >= 4 is 0 Å². The molecule has 0 aliphatic rings. The van der Waals surface area contributed by atoms with Gasteiger partial charge in [-0.3, -0.25) is 0 Å². The average Bonchev–Trinajstić information content (AvgIpc) is 2.38. The van der Waals surface area contributed by atoms with Gasteiger partial charge >= 0.3 is 0 Å². The van der Waals surface area contributed by atoms with Gasteiger partial charge in [0.2, 0.25) is 0 Å². The standard InChI is InChI=1S/C17H23/c1-4-7-9-15-11-13-17(14-12-15)16(6-3)10-8-5-2/h11-14,16H,4-5,7-10H2,1-2H3. The van der Waals surface area contributed by atoms with Crippen LogP contribution in [0.25, 0.3) is 0 Å². The first-order chi connectivity index (χ1) is 8.31. The molecule has 0 saturated heterocycles. The Bertz CT molecular complexity index is 339. The first-order valence-electron chi connectivity index (χ1n) is 6.82. The predicted octanol–water partition coefficient (Wildman–Crippen LogP) is 4.89. The van der Waals surface area contributed by atoms with Crippen molar-refractivity contribution in [2.24, 2.45) is 0 Å². The van der Waals surface area contributed by atoms with Gasteiger partial charge in [0.25, 0.3) is 0 Å². The van der Waals surface area contributed by atoms with Crippen LogP contribution in [0.1, 0.15) is 63.0 Å². The molecule has 0 fully saturated rings. The lowest BCUT2D eigenvalue weighted by atomic mass is 9.93. The lowest BCUT2D eigenvalue weighted by molar-refractivity contribution is 0.675. The fourth-order valence-corrected chi connectivity index (χ4v) is 2.03. The maximum atomic E-state index is 7.39. The van der Waals surface area contributed by atoms with Gasteiger partial charge in [-0.05, 0) is 36.8 Å². The van der Waals surface area contributed by atoms with E-state index in [-0.39, 0.29) is 5.92 Å². The molecule has 0 heterocycles. The van der Waals surface area contributed by atoms with Gasteiger partial charge in [0.15, 0.2) is 0 Å². The highest BCUT2D eigenvalue weighted by Gasteiger charge is 2.07. The third-order valence-corrected chi connectivity index (χ3v) is 3.22. The largest absolute Gasteiger partial charge is 0.0809 e. The second-order valence-corrected chi connectivity index (χ2v) is 4.68. The number of aryl methyl sites for hydroxylation is 1. The van der Waals surface area contributed by atoms with Crippen LogP contribution < -0.4 is 0 Å². The Labute approximate surface area is 106 Å². The molecule has 1 atom stereocenters. The minimum Gasteiger partial charge on any atom is -0.0809 e. The summed E-state index contributed by atoms with van der Waals surface area (Å²) in [5, 5.41) is 0. The van der Waals surface area contributed by atoms with Gasteiger partial charge in [0.1, 0.15) is 0 Å². The Morgan fingerprint density at radius 1 is 1.06 bits per heavy atom. The van der Waals surface area contributed by atoms with Crippen LogP contribution in [0.3, 0.4) is 0 Å². The molecule has 17 heavy (non-hydrogen) atoms. The van der Waals surface area contributed by atoms with E-state index in [9.17, 15) is 0 Å². The highest BCUT2D eigenvalue weighted by molar-refractivity contribution is 5.29. The third kappa shape index (κ3) is 4.65. The van der Waals surface area contributed by atoms with E-state index in [1.54, 1.807) is 0 Å². The lowest BCUT2D eigenvalue weighted by Crippen LogP contribution is -1.96. The van der Waals surface area contributed by atoms with Gasteiger partial charge < -0.3 is 0 Å². The van der Waals surface area contributed by atoms with Crippen LogP contribution in [0.2, 0.25) is 0 Å². The van der Waals surface area contributed by atoms with Crippen molar-refractivity contribution in [1.82, 2.24) is 0 Å². The Kier molecular flexibility index (Phi) is 6.48. The molecule has 0 N–H and O–H groups in total. The zero-order valence-corrected chi connectivity index (χ0v) is 11.1. The summed E-state index contributed by atoms with van der Waals surface area (Å²) >= 11 is 0. The Balaban J connectivity index is 2.61. The van der Waals surface area contributed by atoms with E-state index in [1.165, 1.54) is 43.2 Å². The molecule has 0 aliphatic heterocycles. The minimum atomic E-state index is 0.190. The van der Waals surface area contributed by atoms with E-state index in [0.717, 1.165) is 6.42 Å². The zero-order chi connectivity index (χ0) is 12.5. The Morgan fingerprint density at radius 3 is 2.24 bits per heavy atom. The van der Waals surface area contributed by atoms with Gasteiger partial charge in [0, 0.05) is 5.92 Å². The molecule has 0 aromatic heterocycles. The number of rotatable bonds is 7. The molecule has 1 unspecified atom stereocenters. The number of unbranched alkanes of at least 4 members (excludes halogenated alkanes) is 2. The van der Waals surface area contributed by atoms with Gasteiger partial charge in [0.05, 0.1) is 0 Å². The second-order valence-electron chi connectivity index (χ2n) is 4.68. The van der Waals surface area contributed by atoms with Crippen LogP contribution in [-0.4, -0.2) is 0 Å². The van der Waals surface area contributed by atoms with E-state index < -0.39 is 0 Å². The fourth-order valence-electron chi connectivity index (χ4n) is 2.03. The summed E-state index contributed by atoms with van der Waals surface area (Å²) in [5.41, 5.74) is 2.66. The monoisotopic (exact) mass is 227 g/mol. The molecule has 0 heteroatoms. The van der Waals surface area contributed by atoms with Crippen molar-refractivity contribution in [2.45, 2.75) is 58.3 Å². The van der Waals surface area contributed by atoms with Crippen LogP contribution in [0, 0.1) is 12.3 Å². The van der Waals surface area contributed by atoms with E-state index >= 15 is 0 Å². The normalized spacial score (nSPS) is 12.1. The molecule has 1 aromatic carbocycles. The van der Waals surface area contributed by atoms with Crippen molar-refractivity contribution in [2.75, 3.05) is 0 Å². The van der Waals surface area contributed by atoms with Crippen LogP contribution in [0.15, 0.2) is 24.3 Å². The first kappa shape index (κ1) is 13.8. The van der Waals surface area contributed by atoms with Gasteiger partial charge in [-0.25, -0.2) is 0 Å². The van der Waals surface area contributed by atoms with E-state index in [4.69, 9.17) is 6.42 Å². The number of hydrogen-bond donors (Lipinski definition) is 0. The third-order valence-electron chi connectivity index (χ3n) is 3.22. The highest BCUT2D eigenvalue weighted by atomic mass is 14.1. The molecular formula is C17H23. The first-order valence-corrected chi connectivity index (χ1v) is 6.82. The molecule has 0 saturated carbocycles. The lowest BCUT2D eigenvalue weighted by Gasteiger charge is -2.11. The van der Waals surface area contributed by atoms with Crippen LogP contribution >= 0.6 is 0 Å². The van der Waals surface area contributed by atoms with E-state index in [0.29, 0.717) is 0 Å². The summed E-state index contributed by atoms with van der Waals surface area (Å²) in [6.45, 7) is 4.41. The molecule has 1 rings (SSSR count). The van der Waals surface area contributed by atoms with E-state index in [1.807, 2.05) is 0 Å². The molecule has 0 amide bonds. The maximum absolute atomic E-state index is 7.39. The van der Waals surface area contributed by atoms with Gasteiger partial charge in [-0.15, -0.1) is 0 Å². The minimum absolute atomic E-state index is 0.190. The predicted molar refractivity (Wildman–Crippen MR) is 74.5 cm³/mol. The molecule has 0 bridgehead atoms. The van der Waals surface area contributed by atoms with Crippen molar-refractivity contribution in [1.29, 1.82) is 0 Å². The zero-order valence-electron chi connectivity index (χ0n) is 11.1.